The van der Waals surface area contributed by atoms with Crippen LogP contribution in [0.25, 0.3) is 0 Å². The number of hydrogen-bond donors (Lipinski definition) is 0. The van der Waals surface area contributed by atoms with Gasteiger partial charge >= 0.3 is 5.97 Å². The lowest BCUT2D eigenvalue weighted by Gasteiger charge is -2.29. The number of benzene rings is 1. The van der Waals surface area contributed by atoms with Gasteiger partial charge in [-0.1, -0.05) is 37.0 Å². The van der Waals surface area contributed by atoms with E-state index in [0.717, 1.165) is 5.56 Å². The van der Waals surface area contributed by atoms with Gasteiger partial charge in [-0.25, -0.2) is 4.79 Å². The Morgan fingerprint density at radius 3 is 2.50 bits per heavy atom. The van der Waals surface area contributed by atoms with Gasteiger partial charge in [0.25, 0.3) is 0 Å². The van der Waals surface area contributed by atoms with Crippen LogP contribution in [0.4, 0.5) is 0 Å². The predicted molar refractivity (Wildman–Crippen MR) is 108 cm³/mol. The minimum Gasteiger partial charge on any atom is -0.480 e. The van der Waals surface area contributed by atoms with Crippen molar-refractivity contribution in [1.29, 1.82) is 0 Å². The Labute approximate surface area is 175 Å². The minimum absolute atomic E-state index is 0.0504. The van der Waals surface area contributed by atoms with Crippen LogP contribution in [0.3, 0.4) is 0 Å². The molecule has 0 saturated carbocycles. The number of Topliss-reactive ketones (excluding diaryl/α,β-unsaturated/α-hetero) is 2. The predicted octanol–water partition coefficient (Wildman–Crippen LogP) is 5.08. The Kier molecular flexibility index (Phi) is 7.52. The molecular formula is C21H26Cl2O5. The zero-order chi connectivity index (χ0) is 21.1. The summed E-state index contributed by atoms with van der Waals surface area (Å²) in [5.41, 5.74) is 0.469. The lowest BCUT2D eigenvalue weighted by molar-refractivity contribution is -0.145. The molecule has 0 saturated heterocycles. The van der Waals surface area contributed by atoms with E-state index in [-0.39, 0.29) is 46.5 Å². The van der Waals surface area contributed by atoms with Gasteiger partial charge in [-0.2, -0.15) is 0 Å². The van der Waals surface area contributed by atoms with E-state index in [2.05, 4.69) is 0 Å². The van der Waals surface area contributed by atoms with E-state index in [9.17, 15) is 14.4 Å². The van der Waals surface area contributed by atoms with Gasteiger partial charge in [0.05, 0.1) is 11.6 Å². The van der Waals surface area contributed by atoms with Crippen LogP contribution >= 0.6 is 23.2 Å². The van der Waals surface area contributed by atoms with E-state index in [1.807, 2.05) is 13.8 Å². The first kappa shape index (κ1) is 22.7. The highest BCUT2D eigenvalue weighted by Gasteiger charge is 2.47. The Hall–Kier alpha value is -1.59. The molecule has 0 fully saturated rings. The molecule has 1 aliphatic rings. The van der Waals surface area contributed by atoms with Crippen LogP contribution in [0.1, 0.15) is 62.9 Å². The topological polar surface area (TPSA) is 69.7 Å². The smallest absolute Gasteiger partial charge is 0.344 e. The van der Waals surface area contributed by atoms with Crippen LogP contribution in [-0.2, 0) is 20.7 Å². The third-order valence-electron chi connectivity index (χ3n) is 4.90. The molecule has 1 aromatic carbocycles. The zero-order valence-corrected chi connectivity index (χ0v) is 18.2. The third kappa shape index (κ3) is 4.87. The van der Waals surface area contributed by atoms with Crippen molar-refractivity contribution < 1.29 is 23.9 Å². The number of rotatable bonds is 9. The molecule has 0 radical (unpaired) electrons. The summed E-state index contributed by atoms with van der Waals surface area (Å²) in [6.07, 6.45) is 1.94. The Morgan fingerprint density at radius 1 is 1.25 bits per heavy atom. The van der Waals surface area contributed by atoms with Crippen LogP contribution in [0, 0.1) is 11.3 Å². The first-order chi connectivity index (χ1) is 13.1. The highest BCUT2D eigenvalue weighted by atomic mass is 35.5. The largest absolute Gasteiger partial charge is 0.480 e. The molecule has 0 spiro atoms. The quantitative estimate of drug-likeness (QED) is 0.513. The van der Waals surface area contributed by atoms with Gasteiger partial charge in [0.15, 0.2) is 12.4 Å². The standard InChI is InChI=1S/C21H26Cl2O5/c1-5-27-16(25)11-28-15-8-14-10-21(9-12(2)3,7-6-13(4)24)20(26)17(14)19(23)18(15)22/h8,12H,5-7,9-11H2,1-4H3. The SMILES string of the molecule is CCOC(=O)COc1cc2c(c(Cl)c1Cl)C(=O)C(CCC(C)=O)(CC(C)C)C2. The second-order valence-electron chi connectivity index (χ2n) is 7.72. The lowest BCUT2D eigenvalue weighted by Crippen LogP contribution is -2.30. The van der Waals surface area contributed by atoms with Gasteiger partial charge < -0.3 is 14.3 Å². The van der Waals surface area contributed by atoms with Gasteiger partial charge in [0.2, 0.25) is 0 Å². The summed E-state index contributed by atoms with van der Waals surface area (Å²) in [5, 5.41) is 0.237. The second-order valence-corrected chi connectivity index (χ2v) is 8.47. The number of esters is 1. The van der Waals surface area contributed by atoms with Crippen LogP contribution in [0.2, 0.25) is 10.0 Å². The minimum atomic E-state index is -0.672. The average molecular weight is 429 g/mol. The van der Waals surface area contributed by atoms with E-state index >= 15 is 0 Å². The highest BCUT2D eigenvalue weighted by Crippen LogP contribution is 2.50. The van der Waals surface area contributed by atoms with Crippen molar-refractivity contribution in [3.05, 3.63) is 27.2 Å². The third-order valence-corrected chi connectivity index (χ3v) is 5.75. The molecule has 0 aliphatic heterocycles. The lowest BCUT2D eigenvalue weighted by atomic mass is 9.73. The van der Waals surface area contributed by atoms with Crippen LogP contribution in [0.15, 0.2) is 6.07 Å². The molecule has 0 bridgehead atoms. The zero-order valence-electron chi connectivity index (χ0n) is 16.7. The molecule has 2 rings (SSSR count). The maximum absolute atomic E-state index is 13.3. The normalized spacial score (nSPS) is 18.3. The van der Waals surface area contributed by atoms with Crippen molar-refractivity contribution in [1.82, 2.24) is 0 Å². The molecular weight excluding hydrogens is 403 g/mol. The number of ketones is 2. The Balaban J connectivity index is 2.37. The molecule has 154 valence electrons. The number of fused-ring (bicyclic) bond motifs is 1. The number of ether oxygens (including phenoxy) is 2. The van der Waals surface area contributed by atoms with Crippen molar-refractivity contribution in [2.24, 2.45) is 11.3 Å². The fraction of sp³-hybridized carbons (Fsp3) is 0.571. The van der Waals surface area contributed by atoms with E-state index in [0.29, 0.717) is 31.2 Å². The molecule has 0 N–H and O–H groups in total. The number of carbonyl (C=O) groups is 3. The first-order valence-corrected chi connectivity index (χ1v) is 10.2. The fourth-order valence-corrected chi connectivity index (χ4v) is 4.36. The highest BCUT2D eigenvalue weighted by molar-refractivity contribution is 6.45. The molecule has 0 amide bonds. The van der Waals surface area contributed by atoms with Gasteiger partial charge in [-0.3, -0.25) is 4.79 Å². The fourth-order valence-electron chi connectivity index (χ4n) is 3.86. The molecule has 0 heterocycles. The Morgan fingerprint density at radius 2 is 1.93 bits per heavy atom. The van der Waals surface area contributed by atoms with E-state index in [4.69, 9.17) is 32.7 Å². The van der Waals surface area contributed by atoms with Gasteiger partial charge in [-0.05, 0) is 50.7 Å². The van der Waals surface area contributed by atoms with Gasteiger partial charge in [0.1, 0.15) is 16.6 Å². The summed E-state index contributed by atoms with van der Waals surface area (Å²) in [4.78, 5) is 36.5. The summed E-state index contributed by atoms with van der Waals surface area (Å²) in [6, 6.07) is 1.68. The van der Waals surface area contributed by atoms with Crippen molar-refractivity contribution >= 4 is 40.7 Å². The summed E-state index contributed by atoms with van der Waals surface area (Å²) >= 11 is 12.7. The molecule has 1 aromatic rings. The average Bonchev–Trinajstić information content (AvgIpc) is 2.87. The summed E-state index contributed by atoms with van der Waals surface area (Å²) in [5.74, 6) is -0.00479. The van der Waals surface area contributed by atoms with Crippen LogP contribution < -0.4 is 4.74 Å². The molecule has 1 atom stereocenters. The van der Waals surface area contributed by atoms with Crippen molar-refractivity contribution in [3.8, 4) is 5.75 Å². The first-order valence-electron chi connectivity index (χ1n) is 9.44. The monoisotopic (exact) mass is 428 g/mol. The van der Waals surface area contributed by atoms with E-state index in [1.165, 1.54) is 6.92 Å². The number of carbonyl (C=O) groups excluding carboxylic acids is 3. The number of hydrogen-bond acceptors (Lipinski definition) is 5. The Bertz CT molecular complexity index is 787. The van der Waals surface area contributed by atoms with Crippen LogP contribution in [-0.4, -0.2) is 30.7 Å². The molecule has 1 unspecified atom stereocenters. The molecule has 0 aromatic heterocycles. The van der Waals surface area contributed by atoms with Crippen LogP contribution in [0.5, 0.6) is 5.75 Å². The molecule has 1 aliphatic carbocycles. The summed E-state index contributed by atoms with van der Waals surface area (Å²) < 4.78 is 10.3. The summed E-state index contributed by atoms with van der Waals surface area (Å²) in [6.45, 7) is 7.29. The number of halogens is 2. The maximum atomic E-state index is 13.3. The van der Waals surface area contributed by atoms with Crippen molar-refractivity contribution in [2.75, 3.05) is 13.2 Å². The van der Waals surface area contributed by atoms with E-state index in [1.54, 1.807) is 13.0 Å². The van der Waals surface area contributed by atoms with Crippen molar-refractivity contribution in [3.63, 3.8) is 0 Å². The molecule has 28 heavy (non-hydrogen) atoms. The molecule has 7 heteroatoms. The summed E-state index contributed by atoms with van der Waals surface area (Å²) in [7, 11) is 0. The van der Waals surface area contributed by atoms with Crippen molar-refractivity contribution in [2.45, 2.75) is 53.4 Å². The maximum Gasteiger partial charge on any atom is 0.344 e. The van der Waals surface area contributed by atoms with E-state index < -0.39 is 11.4 Å². The van der Waals surface area contributed by atoms with Gasteiger partial charge in [-0.15, -0.1) is 0 Å². The molecule has 5 nitrogen and oxygen atoms in total. The second kappa shape index (κ2) is 9.27. The van der Waals surface area contributed by atoms with Gasteiger partial charge in [0, 0.05) is 17.4 Å².